The Balaban J connectivity index is 1.77. The average Bonchev–Trinajstić information content (AvgIpc) is 2.69. The molecule has 6 heteroatoms. The molecule has 1 atom stereocenters. The number of amides is 1. The van der Waals surface area contributed by atoms with Crippen molar-refractivity contribution in [3.63, 3.8) is 0 Å². The lowest BCUT2D eigenvalue weighted by Crippen LogP contribution is -2.61. The Morgan fingerprint density at radius 2 is 1.71 bits per heavy atom. The lowest BCUT2D eigenvalue weighted by molar-refractivity contribution is -0.127. The predicted octanol–water partition coefficient (Wildman–Crippen LogP) is 3.70. The van der Waals surface area contributed by atoms with E-state index in [4.69, 9.17) is 6.42 Å². The number of sulfonamides is 1. The largest absolute Gasteiger partial charge is 0.293 e. The molecule has 0 N–H and O–H groups in total. The van der Waals surface area contributed by atoms with Crippen LogP contribution in [0.2, 0.25) is 0 Å². The molecule has 0 aliphatic carbocycles. The van der Waals surface area contributed by atoms with E-state index < -0.39 is 27.0 Å². The van der Waals surface area contributed by atoms with E-state index in [9.17, 15) is 18.0 Å². The molecule has 0 saturated carbocycles. The van der Waals surface area contributed by atoms with Crippen LogP contribution in [0, 0.1) is 12.3 Å². The molecule has 28 heavy (non-hydrogen) atoms. The monoisotopic (exact) mass is 401 g/mol. The number of unbranched alkanes of at least 4 members (excludes halogenated alkanes) is 6. The molecule has 150 valence electrons. The van der Waals surface area contributed by atoms with Gasteiger partial charge in [0.2, 0.25) is 15.9 Å². The fraction of sp³-hybridized carbons (Fsp3) is 0.455. The molecule has 0 radical (unpaired) electrons. The highest BCUT2D eigenvalue weighted by Gasteiger charge is 2.51. The summed E-state index contributed by atoms with van der Waals surface area (Å²) in [5.74, 6) is 1.53. The third-order valence-electron chi connectivity index (χ3n) is 4.95. The minimum atomic E-state index is -3.90. The van der Waals surface area contributed by atoms with Crippen molar-refractivity contribution in [2.75, 3.05) is 6.54 Å². The number of carbonyl (C=O) groups excluding carboxylic acids is 2. The first kappa shape index (κ1) is 21.9. The topological polar surface area (TPSA) is 71.5 Å². The van der Waals surface area contributed by atoms with Gasteiger partial charge in [-0.25, -0.2) is 12.7 Å². The van der Waals surface area contributed by atoms with Crippen LogP contribution in [0.4, 0.5) is 0 Å². The second-order valence-corrected chi connectivity index (χ2v) is 9.03. The van der Waals surface area contributed by atoms with E-state index in [1.807, 2.05) is 6.08 Å². The lowest BCUT2D eigenvalue weighted by Gasteiger charge is -2.37. The molecule has 0 bridgehead atoms. The molecule has 1 aromatic rings. The van der Waals surface area contributed by atoms with Crippen molar-refractivity contribution in [1.82, 2.24) is 4.31 Å². The van der Waals surface area contributed by atoms with Crippen LogP contribution in [0.3, 0.4) is 0 Å². The van der Waals surface area contributed by atoms with E-state index in [2.05, 4.69) is 12.5 Å². The zero-order valence-electron chi connectivity index (χ0n) is 16.1. The first-order valence-corrected chi connectivity index (χ1v) is 11.2. The SMILES string of the molecule is C#Cc1ccc(C(=O)C2CN(C(=O)CCCCCCCCC=C)S2(=O)=O)cc1. The number of Topliss-reactive ketones (excluding diaryl/α,β-unsaturated/α-hetero) is 1. The van der Waals surface area contributed by atoms with E-state index >= 15 is 0 Å². The van der Waals surface area contributed by atoms with Crippen molar-refractivity contribution < 1.29 is 18.0 Å². The normalized spacial score (nSPS) is 17.4. The summed E-state index contributed by atoms with van der Waals surface area (Å²) in [5, 5.41) is -1.18. The summed E-state index contributed by atoms with van der Waals surface area (Å²) in [6, 6.07) is 6.23. The van der Waals surface area contributed by atoms with Gasteiger partial charge < -0.3 is 0 Å². The molecule has 1 amide bonds. The van der Waals surface area contributed by atoms with Gasteiger partial charge in [-0.05, 0) is 31.4 Å². The van der Waals surface area contributed by atoms with Gasteiger partial charge in [-0.2, -0.15) is 0 Å². The minimum Gasteiger partial charge on any atom is -0.293 e. The molecule has 1 aliphatic heterocycles. The van der Waals surface area contributed by atoms with Crippen molar-refractivity contribution >= 4 is 21.7 Å². The maximum atomic E-state index is 12.4. The van der Waals surface area contributed by atoms with Crippen LogP contribution in [-0.4, -0.2) is 36.2 Å². The molecule has 1 fully saturated rings. The van der Waals surface area contributed by atoms with Crippen molar-refractivity contribution in [3.05, 3.63) is 48.0 Å². The van der Waals surface area contributed by atoms with Crippen LogP contribution < -0.4 is 0 Å². The van der Waals surface area contributed by atoms with Gasteiger partial charge in [-0.15, -0.1) is 13.0 Å². The fourth-order valence-corrected chi connectivity index (χ4v) is 4.72. The van der Waals surface area contributed by atoms with Crippen molar-refractivity contribution in [1.29, 1.82) is 0 Å². The molecule has 1 unspecified atom stereocenters. The number of ketones is 1. The standard InChI is InChI=1S/C22H27NO4S/c1-3-5-6-7-8-9-10-11-12-21(24)23-17-20(28(23,26)27)22(25)19-15-13-18(4-2)14-16-19/h2-3,13-16,20H,1,5-12,17H2. The Labute approximate surface area is 167 Å². The van der Waals surface area contributed by atoms with E-state index in [-0.39, 0.29) is 18.5 Å². The molecular formula is C22H27NO4S. The number of benzene rings is 1. The van der Waals surface area contributed by atoms with Crippen molar-refractivity contribution in [2.24, 2.45) is 0 Å². The van der Waals surface area contributed by atoms with Gasteiger partial charge in [0.1, 0.15) is 0 Å². The fourth-order valence-electron chi connectivity index (χ4n) is 3.19. The number of hydrogen-bond acceptors (Lipinski definition) is 4. The zero-order valence-corrected chi connectivity index (χ0v) is 16.9. The third-order valence-corrected chi connectivity index (χ3v) is 7.00. The van der Waals surface area contributed by atoms with Gasteiger partial charge in [-0.1, -0.05) is 49.8 Å². The van der Waals surface area contributed by atoms with Gasteiger partial charge >= 0.3 is 0 Å². The Morgan fingerprint density at radius 3 is 2.29 bits per heavy atom. The highest BCUT2D eigenvalue weighted by molar-refractivity contribution is 7.92. The number of rotatable bonds is 11. The molecule has 2 rings (SSSR count). The summed E-state index contributed by atoms with van der Waals surface area (Å²) >= 11 is 0. The van der Waals surface area contributed by atoms with Gasteiger partial charge in [-0.3, -0.25) is 9.59 Å². The van der Waals surface area contributed by atoms with Gasteiger partial charge in [0.05, 0.1) is 6.54 Å². The summed E-state index contributed by atoms with van der Waals surface area (Å²) < 4.78 is 25.7. The first-order chi connectivity index (χ1) is 13.4. The second-order valence-electron chi connectivity index (χ2n) is 6.99. The van der Waals surface area contributed by atoms with Crippen LogP contribution in [0.1, 0.15) is 67.3 Å². The summed E-state index contributed by atoms with van der Waals surface area (Å²) in [7, 11) is -3.90. The minimum absolute atomic E-state index is 0.0710. The van der Waals surface area contributed by atoms with Gasteiger partial charge in [0.25, 0.3) is 0 Å². The quantitative estimate of drug-likeness (QED) is 0.245. The zero-order chi connectivity index (χ0) is 20.6. The van der Waals surface area contributed by atoms with Crippen molar-refractivity contribution in [2.45, 2.75) is 56.6 Å². The Morgan fingerprint density at radius 1 is 1.11 bits per heavy atom. The molecule has 1 heterocycles. The Hall–Kier alpha value is -2.39. The highest BCUT2D eigenvalue weighted by atomic mass is 32.2. The summed E-state index contributed by atoms with van der Waals surface area (Å²) in [4.78, 5) is 24.6. The average molecular weight is 402 g/mol. The van der Waals surface area contributed by atoms with E-state index in [0.29, 0.717) is 12.0 Å². The van der Waals surface area contributed by atoms with Gasteiger partial charge in [0.15, 0.2) is 11.0 Å². The maximum absolute atomic E-state index is 12.4. The number of terminal acetylenes is 1. The van der Waals surface area contributed by atoms with E-state index in [1.165, 1.54) is 12.1 Å². The van der Waals surface area contributed by atoms with Crippen molar-refractivity contribution in [3.8, 4) is 12.3 Å². The van der Waals surface area contributed by atoms with Crippen LogP contribution in [0.15, 0.2) is 36.9 Å². The molecule has 5 nitrogen and oxygen atoms in total. The number of hydrogen-bond donors (Lipinski definition) is 0. The van der Waals surface area contributed by atoms with Crippen LogP contribution >= 0.6 is 0 Å². The first-order valence-electron chi connectivity index (χ1n) is 9.68. The summed E-state index contributed by atoms with van der Waals surface area (Å²) in [6.45, 7) is 3.62. The number of nitrogens with zero attached hydrogens (tertiary/aromatic N) is 1. The maximum Gasteiger partial charge on any atom is 0.249 e. The van der Waals surface area contributed by atoms with Crippen LogP contribution in [-0.2, 0) is 14.8 Å². The van der Waals surface area contributed by atoms with E-state index in [0.717, 1.165) is 42.8 Å². The van der Waals surface area contributed by atoms with Gasteiger partial charge in [0, 0.05) is 17.5 Å². The lowest BCUT2D eigenvalue weighted by atomic mass is 10.1. The Kier molecular flexibility index (Phi) is 8.01. The molecular weight excluding hydrogens is 374 g/mol. The molecule has 0 spiro atoms. The Bertz CT molecular complexity index is 850. The molecule has 1 aliphatic rings. The summed E-state index contributed by atoms with van der Waals surface area (Å²) in [6.07, 6.45) is 14.4. The van der Waals surface area contributed by atoms with Crippen LogP contribution in [0.5, 0.6) is 0 Å². The summed E-state index contributed by atoms with van der Waals surface area (Å²) in [5.41, 5.74) is 0.904. The smallest absolute Gasteiger partial charge is 0.249 e. The highest BCUT2D eigenvalue weighted by Crippen LogP contribution is 2.27. The predicted molar refractivity (Wildman–Crippen MR) is 110 cm³/mol. The van der Waals surface area contributed by atoms with E-state index in [1.54, 1.807) is 12.1 Å². The molecule has 0 aromatic heterocycles. The van der Waals surface area contributed by atoms with Crippen LogP contribution in [0.25, 0.3) is 0 Å². The number of carbonyl (C=O) groups is 2. The second kappa shape index (κ2) is 10.2. The molecule has 1 aromatic carbocycles. The number of allylic oxidation sites excluding steroid dienone is 1. The third kappa shape index (κ3) is 5.32. The molecule has 1 saturated heterocycles.